The minimum atomic E-state index is -0.0795. The van der Waals surface area contributed by atoms with E-state index in [2.05, 4.69) is 36.5 Å². The number of hydrogen-bond acceptors (Lipinski definition) is 4. The van der Waals surface area contributed by atoms with Gasteiger partial charge in [0.1, 0.15) is 5.01 Å². The van der Waals surface area contributed by atoms with Crippen molar-refractivity contribution in [2.45, 2.75) is 52.0 Å². The summed E-state index contributed by atoms with van der Waals surface area (Å²) in [5.74, 6) is 0.342. The van der Waals surface area contributed by atoms with Crippen LogP contribution >= 0.6 is 11.3 Å². The maximum atomic E-state index is 12.3. The lowest BCUT2D eigenvalue weighted by atomic mass is 9.93. The largest absolute Gasteiger partial charge is 0.396 e. The molecule has 1 atom stereocenters. The standard InChI is InChI=1S/C16H27N3O2S/c1-11(14-18-13(10-22-14)16(2,3)4)17-15(21)19-7-5-12(9-20)6-8-19/h10-12,20H,5-9H2,1-4H3,(H,17,21). The zero-order valence-electron chi connectivity index (χ0n) is 13.9. The molecule has 0 bridgehead atoms. The second kappa shape index (κ2) is 6.96. The first-order valence-corrected chi connectivity index (χ1v) is 8.81. The first-order chi connectivity index (χ1) is 10.3. The molecule has 6 heteroatoms. The Bertz CT molecular complexity index is 502. The molecule has 1 aromatic heterocycles. The fourth-order valence-corrected chi connectivity index (χ4v) is 3.54. The smallest absolute Gasteiger partial charge is 0.317 e. The molecule has 2 N–H and O–H groups in total. The van der Waals surface area contributed by atoms with E-state index in [9.17, 15) is 4.79 Å². The Morgan fingerprint density at radius 2 is 2.14 bits per heavy atom. The number of likely N-dealkylation sites (tertiary alicyclic amines) is 1. The topological polar surface area (TPSA) is 65.5 Å². The molecular formula is C16H27N3O2S. The molecular weight excluding hydrogens is 298 g/mol. The van der Waals surface area contributed by atoms with E-state index in [4.69, 9.17) is 5.11 Å². The number of nitrogens with zero attached hydrogens (tertiary/aromatic N) is 2. The molecule has 22 heavy (non-hydrogen) atoms. The van der Waals surface area contributed by atoms with Crippen molar-refractivity contribution in [3.63, 3.8) is 0 Å². The SMILES string of the molecule is CC(NC(=O)N1CCC(CO)CC1)c1nc(C(C)(C)C)cs1. The van der Waals surface area contributed by atoms with Gasteiger partial charge < -0.3 is 15.3 Å². The van der Waals surface area contributed by atoms with Gasteiger partial charge in [-0.15, -0.1) is 11.3 Å². The van der Waals surface area contributed by atoms with E-state index in [1.165, 1.54) is 0 Å². The van der Waals surface area contributed by atoms with E-state index in [1.54, 1.807) is 11.3 Å². The van der Waals surface area contributed by atoms with Gasteiger partial charge in [-0.3, -0.25) is 0 Å². The fourth-order valence-electron chi connectivity index (χ4n) is 2.49. The van der Waals surface area contributed by atoms with Crippen LogP contribution in [0.1, 0.15) is 57.3 Å². The number of thiazole rings is 1. The van der Waals surface area contributed by atoms with Crippen LogP contribution in [0.4, 0.5) is 4.79 Å². The number of carbonyl (C=O) groups excluding carboxylic acids is 1. The third-order valence-electron chi connectivity index (χ3n) is 4.16. The van der Waals surface area contributed by atoms with Gasteiger partial charge in [-0.1, -0.05) is 20.8 Å². The Kier molecular flexibility index (Phi) is 5.45. The molecule has 2 rings (SSSR count). The molecule has 5 nitrogen and oxygen atoms in total. The van der Waals surface area contributed by atoms with Crippen LogP contribution in [0, 0.1) is 5.92 Å². The number of piperidine rings is 1. The van der Waals surface area contributed by atoms with E-state index in [-0.39, 0.29) is 24.1 Å². The van der Waals surface area contributed by atoms with E-state index < -0.39 is 0 Å². The van der Waals surface area contributed by atoms with Gasteiger partial charge in [0.05, 0.1) is 11.7 Å². The molecule has 2 heterocycles. The summed E-state index contributed by atoms with van der Waals surface area (Å²) < 4.78 is 0. The summed E-state index contributed by atoms with van der Waals surface area (Å²) in [7, 11) is 0. The lowest BCUT2D eigenvalue weighted by Crippen LogP contribution is -2.45. The zero-order chi connectivity index (χ0) is 16.3. The van der Waals surface area contributed by atoms with Crippen molar-refractivity contribution in [2.75, 3.05) is 19.7 Å². The minimum absolute atomic E-state index is 0.0311. The molecule has 0 spiro atoms. The number of urea groups is 1. The van der Waals surface area contributed by atoms with Gasteiger partial charge in [0.15, 0.2) is 0 Å². The normalized spacial score (nSPS) is 18.3. The summed E-state index contributed by atoms with van der Waals surface area (Å²) in [5, 5.41) is 15.2. The average molecular weight is 325 g/mol. The Morgan fingerprint density at radius 3 is 2.64 bits per heavy atom. The van der Waals surface area contributed by atoms with Gasteiger partial charge in [0.25, 0.3) is 0 Å². The van der Waals surface area contributed by atoms with Crippen LogP contribution in [-0.4, -0.2) is 40.7 Å². The highest BCUT2D eigenvalue weighted by Crippen LogP contribution is 2.27. The van der Waals surface area contributed by atoms with Crippen LogP contribution in [-0.2, 0) is 5.41 Å². The van der Waals surface area contributed by atoms with E-state index in [0.29, 0.717) is 5.92 Å². The monoisotopic (exact) mass is 325 g/mol. The molecule has 0 saturated carbocycles. The van der Waals surface area contributed by atoms with Crippen molar-refractivity contribution in [1.29, 1.82) is 0 Å². The molecule has 1 aliphatic rings. The predicted molar refractivity (Wildman–Crippen MR) is 89.1 cm³/mol. The van der Waals surface area contributed by atoms with Gasteiger partial charge in [-0.2, -0.15) is 0 Å². The molecule has 0 aliphatic carbocycles. The summed E-state index contributed by atoms with van der Waals surface area (Å²) in [6.45, 7) is 10.1. The number of amides is 2. The highest BCUT2D eigenvalue weighted by molar-refractivity contribution is 7.09. The quantitative estimate of drug-likeness (QED) is 0.898. The van der Waals surface area contributed by atoms with Gasteiger partial charge in [-0.05, 0) is 25.7 Å². The summed E-state index contributed by atoms with van der Waals surface area (Å²) in [6.07, 6.45) is 1.76. The van der Waals surface area contributed by atoms with Gasteiger partial charge >= 0.3 is 6.03 Å². The molecule has 1 saturated heterocycles. The van der Waals surface area contributed by atoms with Gasteiger partial charge in [0.2, 0.25) is 0 Å². The average Bonchev–Trinajstić information content (AvgIpc) is 2.97. The maximum Gasteiger partial charge on any atom is 0.317 e. The molecule has 2 amide bonds. The molecule has 0 radical (unpaired) electrons. The van der Waals surface area contributed by atoms with Crippen molar-refractivity contribution in [3.8, 4) is 0 Å². The van der Waals surface area contributed by atoms with Crippen molar-refractivity contribution < 1.29 is 9.90 Å². The summed E-state index contributed by atoms with van der Waals surface area (Å²) in [4.78, 5) is 18.8. The number of aliphatic hydroxyl groups is 1. The lowest BCUT2D eigenvalue weighted by molar-refractivity contribution is 0.136. The number of aliphatic hydroxyl groups excluding tert-OH is 1. The third-order valence-corrected chi connectivity index (χ3v) is 5.19. The maximum absolute atomic E-state index is 12.3. The number of hydrogen-bond donors (Lipinski definition) is 2. The van der Waals surface area contributed by atoms with Crippen LogP contribution in [0.3, 0.4) is 0 Å². The predicted octanol–water partition coefficient (Wildman–Crippen LogP) is 2.92. The number of aromatic nitrogens is 1. The van der Waals surface area contributed by atoms with Crippen molar-refractivity contribution in [2.24, 2.45) is 5.92 Å². The Balaban J connectivity index is 1.90. The van der Waals surface area contributed by atoms with Crippen LogP contribution < -0.4 is 5.32 Å². The first kappa shape index (κ1) is 17.2. The van der Waals surface area contributed by atoms with Crippen molar-refractivity contribution in [3.05, 3.63) is 16.1 Å². The highest BCUT2D eigenvalue weighted by Gasteiger charge is 2.25. The van der Waals surface area contributed by atoms with Gasteiger partial charge in [0, 0.05) is 30.5 Å². The van der Waals surface area contributed by atoms with Crippen LogP contribution in [0.2, 0.25) is 0 Å². The molecule has 124 valence electrons. The molecule has 0 aromatic carbocycles. The second-order valence-electron chi connectivity index (χ2n) is 7.11. The van der Waals surface area contributed by atoms with E-state index in [1.807, 2.05) is 11.8 Å². The Labute approximate surface area is 136 Å². The van der Waals surface area contributed by atoms with E-state index >= 15 is 0 Å². The molecule has 1 fully saturated rings. The molecule has 1 aliphatic heterocycles. The Hall–Kier alpha value is -1.14. The fraction of sp³-hybridized carbons (Fsp3) is 0.750. The lowest BCUT2D eigenvalue weighted by Gasteiger charge is -2.31. The van der Waals surface area contributed by atoms with Crippen LogP contribution in [0.25, 0.3) is 0 Å². The summed E-state index contributed by atoms with van der Waals surface area (Å²) in [5.41, 5.74) is 1.10. The summed E-state index contributed by atoms with van der Waals surface area (Å²) in [6, 6.07) is -0.111. The number of carbonyl (C=O) groups is 1. The zero-order valence-corrected chi connectivity index (χ0v) is 14.7. The number of rotatable bonds is 3. The second-order valence-corrected chi connectivity index (χ2v) is 7.99. The van der Waals surface area contributed by atoms with Crippen LogP contribution in [0.5, 0.6) is 0 Å². The summed E-state index contributed by atoms with van der Waals surface area (Å²) >= 11 is 1.60. The minimum Gasteiger partial charge on any atom is -0.396 e. The molecule has 1 aromatic rings. The highest BCUT2D eigenvalue weighted by atomic mass is 32.1. The van der Waals surface area contributed by atoms with Crippen molar-refractivity contribution in [1.82, 2.24) is 15.2 Å². The van der Waals surface area contributed by atoms with Gasteiger partial charge in [-0.25, -0.2) is 9.78 Å². The van der Waals surface area contributed by atoms with E-state index in [0.717, 1.165) is 36.6 Å². The third kappa shape index (κ3) is 4.20. The molecule has 1 unspecified atom stereocenters. The first-order valence-electron chi connectivity index (χ1n) is 7.93. The van der Waals surface area contributed by atoms with Crippen molar-refractivity contribution >= 4 is 17.4 Å². The Morgan fingerprint density at radius 1 is 1.50 bits per heavy atom. The van der Waals surface area contributed by atoms with Crippen LogP contribution in [0.15, 0.2) is 5.38 Å². The number of nitrogens with one attached hydrogen (secondary N) is 1.